The van der Waals surface area contributed by atoms with E-state index >= 15 is 0 Å². The average molecular weight is 186 g/mol. The van der Waals surface area contributed by atoms with Crippen LogP contribution in [0.2, 0.25) is 0 Å². The molecule has 0 saturated carbocycles. The molecule has 0 spiro atoms. The highest BCUT2D eigenvalue weighted by Gasteiger charge is 2.28. The molecule has 0 aromatic carbocycles. The third-order valence-electron chi connectivity index (χ3n) is 1.70. The first-order valence-electron chi connectivity index (χ1n) is 3.97. The van der Waals surface area contributed by atoms with Gasteiger partial charge in [-0.2, -0.15) is 0 Å². The van der Waals surface area contributed by atoms with Gasteiger partial charge < -0.3 is 5.73 Å². The molecule has 0 atom stereocenters. The topological polar surface area (TPSA) is 86.2 Å². The summed E-state index contributed by atoms with van der Waals surface area (Å²) >= 11 is 0. The summed E-state index contributed by atoms with van der Waals surface area (Å²) in [7, 11) is 0. The lowest BCUT2D eigenvalue weighted by atomic mass is 9.99. The molecule has 2 N–H and O–H groups in total. The Morgan fingerprint density at radius 3 is 2.54 bits per heavy atom. The molecule has 1 amide bonds. The highest BCUT2D eigenvalue weighted by atomic mass is 16.6. The van der Waals surface area contributed by atoms with Gasteiger partial charge >= 0.3 is 0 Å². The molecule has 0 aliphatic carbocycles. The van der Waals surface area contributed by atoms with Crippen LogP contribution in [0.1, 0.15) is 26.7 Å². The Bertz CT molecular complexity index is 234. The lowest BCUT2D eigenvalue weighted by Gasteiger charge is -2.13. The molecular weight excluding hydrogens is 172 g/mol. The van der Waals surface area contributed by atoms with E-state index in [-0.39, 0.29) is 4.92 Å². The number of primary amides is 1. The van der Waals surface area contributed by atoms with Crippen LogP contribution in [-0.4, -0.2) is 16.4 Å². The van der Waals surface area contributed by atoms with Gasteiger partial charge in [-0.05, 0) is 12.5 Å². The summed E-state index contributed by atoms with van der Waals surface area (Å²) < 4.78 is 0. The predicted molar refractivity (Wildman–Crippen MR) is 48.6 cm³/mol. The molecule has 74 valence electrons. The number of amides is 1. The van der Waals surface area contributed by atoms with Crippen molar-refractivity contribution in [1.82, 2.24) is 0 Å². The van der Waals surface area contributed by atoms with Crippen LogP contribution in [0.4, 0.5) is 0 Å². The van der Waals surface area contributed by atoms with Crippen molar-refractivity contribution in [3.8, 4) is 0 Å². The summed E-state index contributed by atoms with van der Waals surface area (Å²) in [6.45, 7) is 3.09. The lowest BCUT2D eigenvalue weighted by molar-refractivity contribution is -0.561. The second-order valence-corrected chi connectivity index (χ2v) is 3.41. The van der Waals surface area contributed by atoms with E-state index in [9.17, 15) is 14.9 Å². The zero-order chi connectivity index (χ0) is 10.5. The predicted octanol–water partition coefficient (Wildman–Crippen LogP) is 0.863. The largest absolute Gasteiger partial charge is 0.366 e. The lowest BCUT2D eigenvalue weighted by Crippen LogP contribution is -2.30. The number of nitrogens with two attached hydrogens (primary N) is 1. The fraction of sp³-hybridized carbons (Fsp3) is 0.625. The first-order chi connectivity index (χ1) is 5.86. The molecule has 0 aliphatic heterocycles. The van der Waals surface area contributed by atoms with E-state index in [1.54, 1.807) is 19.9 Å². The van der Waals surface area contributed by atoms with Crippen molar-refractivity contribution in [2.45, 2.75) is 32.2 Å². The SMILES string of the molecule is CC(C)(CC/C=C/C(N)=O)[N+](=O)[O-]. The van der Waals surface area contributed by atoms with Gasteiger partial charge in [0.2, 0.25) is 11.4 Å². The first kappa shape index (κ1) is 11.6. The molecule has 0 heterocycles. The van der Waals surface area contributed by atoms with E-state index in [0.717, 1.165) is 0 Å². The fourth-order valence-corrected chi connectivity index (χ4v) is 0.727. The normalized spacial score (nSPS) is 11.8. The molecule has 0 rings (SSSR count). The number of carbonyl (C=O) groups excluding carboxylic acids is 1. The van der Waals surface area contributed by atoms with Crippen LogP contribution in [0.15, 0.2) is 12.2 Å². The molecule has 0 aliphatic rings. The Kier molecular flexibility index (Phi) is 4.10. The van der Waals surface area contributed by atoms with Crippen LogP contribution in [0, 0.1) is 10.1 Å². The fourth-order valence-electron chi connectivity index (χ4n) is 0.727. The summed E-state index contributed by atoms with van der Waals surface area (Å²) in [4.78, 5) is 20.4. The van der Waals surface area contributed by atoms with Gasteiger partial charge in [0.15, 0.2) is 0 Å². The van der Waals surface area contributed by atoms with Crippen LogP contribution in [0.5, 0.6) is 0 Å². The van der Waals surface area contributed by atoms with Crippen molar-refractivity contribution in [3.63, 3.8) is 0 Å². The summed E-state index contributed by atoms with van der Waals surface area (Å²) in [5.41, 5.74) is 3.90. The Morgan fingerprint density at radius 1 is 1.62 bits per heavy atom. The molecule has 0 saturated heterocycles. The van der Waals surface area contributed by atoms with Crippen molar-refractivity contribution in [3.05, 3.63) is 22.3 Å². The van der Waals surface area contributed by atoms with E-state index in [0.29, 0.717) is 12.8 Å². The van der Waals surface area contributed by atoms with Gasteiger partial charge in [0.25, 0.3) is 0 Å². The van der Waals surface area contributed by atoms with E-state index in [1.165, 1.54) is 6.08 Å². The molecule has 0 bridgehead atoms. The van der Waals surface area contributed by atoms with Crippen molar-refractivity contribution in [1.29, 1.82) is 0 Å². The highest BCUT2D eigenvalue weighted by molar-refractivity contribution is 5.85. The van der Waals surface area contributed by atoms with Crippen molar-refractivity contribution >= 4 is 5.91 Å². The molecule has 0 aromatic heterocycles. The second-order valence-electron chi connectivity index (χ2n) is 3.41. The van der Waals surface area contributed by atoms with Gasteiger partial charge in [-0.1, -0.05) is 6.08 Å². The monoisotopic (exact) mass is 186 g/mol. The molecule has 0 radical (unpaired) electrons. The second kappa shape index (κ2) is 4.59. The van der Waals surface area contributed by atoms with Gasteiger partial charge in [0.1, 0.15) is 0 Å². The zero-order valence-electron chi connectivity index (χ0n) is 7.82. The van der Waals surface area contributed by atoms with Crippen molar-refractivity contribution in [2.24, 2.45) is 5.73 Å². The van der Waals surface area contributed by atoms with E-state index in [4.69, 9.17) is 5.73 Å². The molecule has 5 nitrogen and oxygen atoms in total. The van der Waals surface area contributed by atoms with Gasteiger partial charge in [-0.25, -0.2) is 0 Å². The van der Waals surface area contributed by atoms with Gasteiger partial charge in [0, 0.05) is 25.2 Å². The summed E-state index contributed by atoms with van der Waals surface area (Å²) in [6, 6.07) is 0. The maximum Gasteiger partial charge on any atom is 0.241 e. The maximum atomic E-state index is 10.4. The van der Waals surface area contributed by atoms with Crippen LogP contribution in [-0.2, 0) is 4.79 Å². The third-order valence-corrected chi connectivity index (χ3v) is 1.70. The molecule has 5 heteroatoms. The van der Waals surface area contributed by atoms with Crippen LogP contribution in [0.25, 0.3) is 0 Å². The molecule has 0 unspecified atom stereocenters. The van der Waals surface area contributed by atoms with E-state index in [1.807, 2.05) is 0 Å². The van der Waals surface area contributed by atoms with Crippen LogP contribution >= 0.6 is 0 Å². The number of nitrogens with zero attached hydrogens (tertiary/aromatic N) is 1. The Morgan fingerprint density at radius 2 is 2.15 bits per heavy atom. The third kappa shape index (κ3) is 4.95. The quantitative estimate of drug-likeness (QED) is 0.392. The number of carbonyl (C=O) groups is 1. The van der Waals surface area contributed by atoms with E-state index in [2.05, 4.69) is 0 Å². The van der Waals surface area contributed by atoms with E-state index < -0.39 is 11.4 Å². The number of hydrogen-bond acceptors (Lipinski definition) is 3. The first-order valence-corrected chi connectivity index (χ1v) is 3.97. The van der Waals surface area contributed by atoms with Gasteiger partial charge in [-0.3, -0.25) is 14.9 Å². The number of rotatable bonds is 5. The minimum atomic E-state index is -0.942. The van der Waals surface area contributed by atoms with Crippen molar-refractivity contribution < 1.29 is 9.72 Å². The molecular formula is C8H14N2O3. The maximum absolute atomic E-state index is 10.4. The van der Waals surface area contributed by atoms with Gasteiger partial charge in [-0.15, -0.1) is 0 Å². The molecule has 0 aromatic rings. The summed E-state index contributed by atoms with van der Waals surface area (Å²) in [6.07, 6.45) is 3.64. The highest BCUT2D eigenvalue weighted by Crippen LogP contribution is 2.15. The minimum absolute atomic E-state index is 0.328. The Hall–Kier alpha value is -1.39. The average Bonchev–Trinajstić information content (AvgIpc) is 1.97. The Balaban J connectivity index is 3.89. The van der Waals surface area contributed by atoms with Crippen LogP contribution < -0.4 is 5.73 Å². The molecule has 0 fully saturated rings. The van der Waals surface area contributed by atoms with Gasteiger partial charge in [0.05, 0.1) is 0 Å². The minimum Gasteiger partial charge on any atom is -0.366 e. The smallest absolute Gasteiger partial charge is 0.241 e. The Labute approximate surface area is 76.8 Å². The zero-order valence-corrected chi connectivity index (χ0v) is 7.82. The summed E-state index contributed by atoms with van der Waals surface area (Å²) in [5.74, 6) is -0.529. The molecule has 13 heavy (non-hydrogen) atoms. The standard InChI is InChI=1S/C8H14N2O3/c1-8(2,10(12)13)6-4-3-5-7(9)11/h3,5H,4,6H2,1-2H3,(H2,9,11)/b5-3+. The summed E-state index contributed by atoms with van der Waals surface area (Å²) in [5, 5.41) is 10.4. The van der Waals surface area contributed by atoms with Crippen molar-refractivity contribution in [2.75, 3.05) is 0 Å². The number of nitro groups is 1. The number of allylic oxidation sites excluding steroid dienone is 1. The van der Waals surface area contributed by atoms with Crippen LogP contribution in [0.3, 0.4) is 0 Å². The number of hydrogen-bond donors (Lipinski definition) is 1.